The van der Waals surface area contributed by atoms with E-state index in [2.05, 4.69) is 10.6 Å². The van der Waals surface area contributed by atoms with Crippen molar-refractivity contribution in [1.82, 2.24) is 5.32 Å². The van der Waals surface area contributed by atoms with Gasteiger partial charge in [0.15, 0.2) is 5.78 Å². The van der Waals surface area contributed by atoms with Gasteiger partial charge in [0.2, 0.25) is 5.91 Å². The number of anilines is 1. The smallest absolute Gasteiger partial charge is 0.408 e. The van der Waals surface area contributed by atoms with Crippen molar-refractivity contribution in [3.63, 3.8) is 0 Å². The molecule has 0 heterocycles. The summed E-state index contributed by atoms with van der Waals surface area (Å²) in [6.45, 7) is 8.94. The van der Waals surface area contributed by atoms with E-state index in [-0.39, 0.29) is 17.6 Å². The molecular formula is C23H33ClN2O4. The number of hydrogen-bond acceptors (Lipinski definition) is 4. The second kappa shape index (κ2) is 10.3. The predicted octanol–water partition coefficient (Wildman–Crippen LogP) is 5.59. The van der Waals surface area contributed by atoms with E-state index in [9.17, 15) is 14.4 Å². The molecule has 0 unspecified atom stereocenters. The van der Waals surface area contributed by atoms with Crippen molar-refractivity contribution in [2.75, 3.05) is 5.32 Å². The Morgan fingerprint density at radius 2 is 1.73 bits per heavy atom. The summed E-state index contributed by atoms with van der Waals surface area (Å²) in [7, 11) is 0. The lowest BCUT2D eigenvalue weighted by atomic mass is 9.83. The summed E-state index contributed by atoms with van der Waals surface area (Å²) >= 11 is 6.14. The molecule has 166 valence electrons. The molecule has 30 heavy (non-hydrogen) atoms. The molecule has 0 radical (unpaired) electrons. The van der Waals surface area contributed by atoms with Crippen molar-refractivity contribution in [3.8, 4) is 0 Å². The SMILES string of the molecule is CC(C)[C@@H](NC(=O)OC(C)(C)C)C(=O)Nc1ccc(Cl)cc1C(=O)C1CCCCC1. The van der Waals surface area contributed by atoms with Gasteiger partial charge in [-0.05, 0) is 57.7 Å². The van der Waals surface area contributed by atoms with Gasteiger partial charge in [0.05, 0.1) is 5.69 Å². The number of carbonyl (C=O) groups excluding carboxylic acids is 3. The van der Waals surface area contributed by atoms with Crippen LogP contribution in [0.2, 0.25) is 5.02 Å². The van der Waals surface area contributed by atoms with Crippen LogP contribution in [0.15, 0.2) is 18.2 Å². The fourth-order valence-electron chi connectivity index (χ4n) is 3.59. The average Bonchev–Trinajstić information content (AvgIpc) is 2.66. The Morgan fingerprint density at radius 1 is 1.10 bits per heavy atom. The van der Waals surface area contributed by atoms with Gasteiger partial charge in [-0.3, -0.25) is 9.59 Å². The first-order valence-electron chi connectivity index (χ1n) is 10.6. The normalized spacial score (nSPS) is 16.1. The number of amides is 2. The van der Waals surface area contributed by atoms with Crippen LogP contribution in [0, 0.1) is 11.8 Å². The number of Topliss-reactive ketones (excluding diaryl/α,β-unsaturated/α-hetero) is 1. The molecule has 1 aromatic carbocycles. The molecule has 0 bridgehead atoms. The van der Waals surface area contributed by atoms with Gasteiger partial charge in [0, 0.05) is 16.5 Å². The number of halogens is 1. The Balaban J connectivity index is 2.19. The number of alkyl carbamates (subject to hydrolysis) is 1. The fraction of sp³-hybridized carbons (Fsp3) is 0.609. The highest BCUT2D eigenvalue weighted by Gasteiger charge is 2.29. The quantitative estimate of drug-likeness (QED) is 0.569. The zero-order valence-corrected chi connectivity index (χ0v) is 19.3. The van der Waals surface area contributed by atoms with Crippen LogP contribution in [0.4, 0.5) is 10.5 Å². The lowest BCUT2D eigenvalue weighted by molar-refractivity contribution is -0.119. The third kappa shape index (κ3) is 7.01. The van der Waals surface area contributed by atoms with Crippen LogP contribution >= 0.6 is 11.6 Å². The third-order valence-corrected chi connectivity index (χ3v) is 5.34. The van der Waals surface area contributed by atoms with Crippen LogP contribution in [0.5, 0.6) is 0 Å². The van der Waals surface area contributed by atoms with Gasteiger partial charge >= 0.3 is 6.09 Å². The molecule has 2 amide bonds. The van der Waals surface area contributed by atoms with Gasteiger partial charge < -0.3 is 15.4 Å². The van der Waals surface area contributed by atoms with E-state index >= 15 is 0 Å². The van der Waals surface area contributed by atoms with E-state index in [4.69, 9.17) is 16.3 Å². The van der Waals surface area contributed by atoms with Crippen LogP contribution in [0.1, 0.15) is 77.1 Å². The summed E-state index contributed by atoms with van der Waals surface area (Å²) in [4.78, 5) is 38.2. The van der Waals surface area contributed by atoms with Crippen molar-refractivity contribution in [2.24, 2.45) is 11.8 Å². The van der Waals surface area contributed by atoms with E-state index in [1.807, 2.05) is 13.8 Å². The minimum Gasteiger partial charge on any atom is -0.444 e. The van der Waals surface area contributed by atoms with Crippen LogP contribution < -0.4 is 10.6 Å². The summed E-state index contributed by atoms with van der Waals surface area (Å²) in [5.41, 5.74) is 0.164. The minimum absolute atomic E-state index is 0.00805. The predicted molar refractivity (Wildman–Crippen MR) is 119 cm³/mol. The van der Waals surface area contributed by atoms with Crippen molar-refractivity contribution in [1.29, 1.82) is 0 Å². The summed E-state index contributed by atoms with van der Waals surface area (Å²) in [6, 6.07) is 4.08. The lowest BCUT2D eigenvalue weighted by Gasteiger charge is -2.26. The van der Waals surface area contributed by atoms with Crippen LogP contribution in [0.25, 0.3) is 0 Å². The summed E-state index contributed by atoms with van der Waals surface area (Å²) in [6.07, 6.45) is 4.27. The molecule has 2 N–H and O–H groups in total. The molecule has 1 fully saturated rings. The molecule has 6 nitrogen and oxygen atoms in total. The van der Waals surface area contributed by atoms with Gasteiger partial charge in [-0.25, -0.2) is 4.79 Å². The Morgan fingerprint density at radius 3 is 2.30 bits per heavy atom. The third-order valence-electron chi connectivity index (χ3n) is 5.10. The highest BCUT2D eigenvalue weighted by molar-refractivity contribution is 6.31. The first kappa shape index (κ1) is 24.2. The second-order valence-corrected chi connectivity index (χ2v) is 9.68. The minimum atomic E-state index is -0.812. The van der Waals surface area contributed by atoms with E-state index in [0.717, 1.165) is 32.1 Å². The zero-order valence-electron chi connectivity index (χ0n) is 18.5. The molecule has 0 spiro atoms. The molecule has 1 atom stereocenters. The first-order chi connectivity index (χ1) is 14.0. The topological polar surface area (TPSA) is 84.5 Å². The number of ether oxygens (including phenoxy) is 1. The van der Waals surface area contributed by atoms with Crippen LogP contribution in [0.3, 0.4) is 0 Å². The van der Waals surface area contributed by atoms with Crippen molar-refractivity contribution in [2.45, 2.75) is 78.4 Å². The maximum Gasteiger partial charge on any atom is 0.408 e. The zero-order chi connectivity index (χ0) is 22.5. The average molecular weight is 437 g/mol. The Kier molecular flexibility index (Phi) is 8.30. The summed E-state index contributed by atoms with van der Waals surface area (Å²) < 4.78 is 5.27. The highest BCUT2D eigenvalue weighted by Crippen LogP contribution is 2.31. The van der Waals surface area contributed by atoms with Crippen LogP contribution in [-0.2, 0) is 9.53 Å². The first-order valence-corrected chi connectivity index (χ1v) is 11.0. The molecule has 1 aliphatic carbocycles. The maximum absolute atomic E-state index is 13.1. The van der Waals surface area contributed by atoms with Crippen LogP contribution in [-0.4, -0.2) is 29.4 Å². The van der Waals surface area contributed by atoms with Gasteiger partial charge in [-0.15, -0.1) is 0 Å². The Bertz CT molecular complexity index is 780. The maximum atomic E-state index is 13.1. The number of rotatable bonds is 6. The molecule has 2 rings (SSSR count). The molecule has 1 aromatic rings. The van der Waals surface area contributed by atoms with E-state index < -0.39 is 23.6 Å². The van der Waals surface area contributed by atoms with Gasteiger partial charge in [-0.1, -0.05) is 44.7 Å². The molecule has 1 aliphatic rings. The number of nitrogens with one attached hydrogen (secondary N) is 2. The Hall–Kier alpha value is -2.08. The molecule has 0 aliphatic heterocycles. The van der Waals surface area contributed by atoms with Gasteiger partial charge in [0.1, 0.15) is 11.6 Å². The fourth-order valence-corrected chi connectivity index (χ4v) is 3.77. The molecular weight excluding hydrogens is 404 g/mol. The molecule has 1 saturated carbocycles. The number of carbonyl (C=O) groups is 3. The number of ketones is 1. The van der Waals surface area contributed by atoms with Crippen molar-refractivity contribution < 1.29 is 19.1 Å². The van der Waals surface area contributed by atoms with E-state index in [1.165, 1.54) is 0 Å². The van der Waals surface area contributed by atoms with Gasteiger partial charge in [-0.2, -0.15) is 0 Å². The highest BCUT2D eigenvalue weighted by atomic mass is 35.5. The Labute approximate surface area is 184 Å². The lowest BCUT2D eigenvalue weighted by Crippen LogP contribution is -2.48. The van der Waals surface area contributed by atoms with Crippen molar-refractivity contribution in [3.05, 3.63) is 28.8 Å². The van der Waals surface area contributed by atoms with Gasteiger partial charge in [0.25, 0.3) is 0 Å². The monoisotopic (exact) mass is 436 g/mol. The number of benzene rings is 1. The largest absolute Gasteiger partial charge is 0.444 e. The molecule has 7 heteroatoms. The summed E-state index contributed by atoms with van der Waals surface area (Å²) in [5.74, 6) is -0.624. The summed E-state index contributed by atoms with van der Waals surface area (Å²) in [5, 5.41) is 5.89. The molecule has 0 saturated heterocycles. The van der Waals surface area contributed by atoms with Crippen molar-refractivity contribution >= 4 is 35.1 Å². The number of hydrogen-bond donors (Lipinski definition) is 2. The van der Waals surface area contributed by atoms with E-state index in [1.54, 1.807) is 39.0 Å². The molecule has 0 aromatic heterocycles. The van der Waals surface area contributed by atoms with E-state index in [0.29, 0.717) is 16.3 Å². The second-order valence-electron chi connectivity index (χ2n) is 9.25. The standard InChI is InChI=1S/C23H33ClN2O4/c1-14(2)19(26-22(29)30-23(3,4)5)21(28)25-18-12-11-16(24)13-17(18)20(27)15-9-7-6-8-10-15/h11-15,19H,6-10H2,1-5H3,(H,25,28)(H,26,29)/t19-/m1/s1.